The van der Waals surface area contributed by atoms with Gasteiger partial charge in [0.05, 0.1) is 0 Å². The van der Waals surface area contributed by atoms with Crippen molar-refractivity contribution < 1.29 is 0 Å². The van der Waals surface area contributed by atoms with Gasteiger partial charge in [0.25, 0.3) is 0 Å². The van der Waals surface area contributed by atoms with Gasteiger partial charge in [-0.25, -0.2) is 0 Å². The second kappa shape index (κ2) is 8.06. The molecule has 4 fully saturated rings. The number of piperazine rings is 1. The first-order valence-electron chi connectivity index (χ1n) is 11.4. The zero-order chi connectivity index (χ0) is 18.1. The van der Waals surface area contributed by atoms with Gasteiger partial charge in [0.2, 0.25) is 0 Å². The van der Waals surface area contributed by atoms with E-state index in [0.29, 0.717) is 0 Å². The summed E-state index contributed by atoms with van der Waals surface area (Å²) in [6.45, 7) is 18.1. The van der Waals surface area contributed by atoms with E-state index in [1.807, 2.05) is 0 Å². The smallest absolute Gasteiger partial charge is 0.0121 e. The fourth-order valence-electron chi connectivity index (χ4n) is 5.88. The van der Waals surface area contributed by atoms with Crippen LogP contribution in [0.15, 0.2) is 0 Å². The van der Waals surface area contributed by atoms with Crippen LogP contribution in [0.1, 0.15) is 46.0 Å². The Hall–Kier alpha value is -0.160. The molecule has 1 saturated carbocycles. The Kier molecular flexibility index (Phi) is 5.95. The van der Waals surface area contributed by atoms with Crippen molar-refractivity contribution in [3.8, 4) is 0 Å². The third kappa shape index (κ3) is 4.81. The van der Waals surface area contributed by atoms with Crippen LogP contribution >= 0.6 is 0 Å². The molecule has 3 heterocycles. The lowest BCUT2D eigenvalue weighted by molar-refractivity contribution is 0.0248. The van der Waals surface area contributed by atoms with Gasteiger partial charge < -0.3 is 14.7 Å². The molecule has 0 spiro atoms. The average molecular weight is 363 g/mol. The molecule has 0 radical (unpaired) electrons. The Balaban J connectivity index is 1.11. The van der Waals surface area contributed by atoms with E-state index in [0.717, 1.165) is 23.3 Å². The minimum atomic E-state index is 0.722. The average Bonchev–Trinajstić information content (AvgIpc) is 3.33. The number of nitrogens with zero attached hydrogens (tertiary/aromatic N) is 4. The SMILES string of the molecule is CC(C)CC1(CN2CC(CN3CCC(N4CCN(C)CC4)CC3)C2)CC1. The molecule has 0 atom stereocenters. The quantitative estimate of drug-likeness (QED) is 0.690. The summed E-state index contributed by atoms with van der Waals surface area (Å²) in [7, 11) is 2.26. The van der Waals surface area contributed by atoms with E-state index in [4.69, 9.17) is 0 Å². The molecule has 0 aromatic carbocycles. The number of hydrogen-bond acceptors (Lipinski definition) is 4. The number of piperidine rings is 1. The molecule has 4 rings (SSSR count). The zero-order valence-corrected chi connectivity index (χ0v) is 17.6. The van der Waals surface area contributed by atoms with Crippen molar-refractivity contribution in [3.05, 3.63) is 0 Å². The highest BCUT2D eigenvalue weighted by molar-refractivity contribution is 4.98. The van der Waals surface area contributed by atoms with Gasteiger partial charge in [-0.3, -0.25) is 4.90 Å². The maximum absolute atomic E-state index is 2.77. The lowest BCUT2D eigenvalue weighted by atomic mass is 9.90. The van der Waals surface area contributed by atoms with Crippen molar-refractivity contribution in [1.29, 1.82) is 0 Å². The molecule has 0 amide bonds. The Morgan fingerprint density at radius 3 is 2.12 bits per heavy atom. The predicted octanol–water partition coefficient (Wildman–Crippen LogP) is 2.46. The molecule has 0 bridgehead atoms. The topological polar surface area (TPSA) is 13.0 Å². The molecule has 150 valence electrons. The number of hydrogen-bond donors (Lipinski definition) is 0. The Labute approximate surface area is 161 Å². The second-order valence-electron chi connectivity index (χ2n) is 10.5. The van der Waals surface area contributed by atoms with E-state index in [1.165, 1.54) is 97.6 Å². The monoisotopic (exact) mass is 362 g/mol. The third-order valence-electron chi connectivity index (χ3n) is 7.52. The van der Waals surface area contributed by atoms with Crippen molar-refractivity contribution in [2.75, 3.05) is 72.5 Å². The summed E-state index contributed by atoms with van der Waals surface area (Å²) < 4.78 is 0. The minimum Gasteiger partial charge on any atom is -0.304 e. The van der Waals surface area contributed by atoms with Crippen molar-refractivity contribution in [1.82, 2.24) is 19.6 Å². The first-order valence-corrected chi connectivity index (χ1v) is 11.4. The molecule has 0 aromatic heterocycles. The van der Waals surface area contributed by atoms with Crippen LogP contribution in [-0.2, 0) is 0 Å². The summed E-state index contributed by atoms with van der Waals surface area (Å²) in [5, 5.41) is 0. The normalized spacial score (nSPS) is 30.0. The molecule has 4 nitrogen and oxygen atoms in total. The van der Waals surface area contributed by atoms with E-state index in [1.54, 1.807) is 0 Å². The summed E-state index contributed by atoms with van der Waals surface area (Å²) in [4.78, 5) is 10.8. The van der Waals surface area contributed by atoms with Gasteiger partial charge >= 0.3 is 0 Å². The number of likely N-dealkylation sites (tertiary alicyclic amines) is 2. The first-order chi connectivity index (χ1) is 12.5. The first kappa shape index (κ1) is 19.2. The van der Waals surface area contributed by atoms with Gasteiger partial charge in [0, 0.05) is 58.4 Å². The van der Waals surface area contributed by atoms with Crippen molar-refractivity contribution in [2.45, 2.75) is 52.0 Å². The van der Waals surface area contributed by atoms with Gasteiger partial charge in [-0.15, -0.1) is 0 Å². The van der Waals surface area contributed by atoms with E-state index in [-0.39, 0.29) is 0 Å². The molecule has 0 unspecified atom stereocenters. The van der Waals surface area contributed by atoms with Crippen LogP contribution < -0.4 is 0 Å². The van der Waals surface area contributed by atoms with Crippen LogP contribution in [-0.4, -0.2) is 98.1 Å². The summed E-state index contributed by atoms with van der Waals surface area (Å²) >= 11 is 0. The number of likely N-dealkylation sites (N-methyl/N-ethyl adjacent to an activating group) is 1. The predicted molar refractivity (Wildman–Crippen MR) is 110 cm³/mol. The number of rotatable bonds is 7. The molecule has 4 aliphatic rings. The fraction of sp³-hybridized carbons (Fsp3) is 1.00. The van der Waals surface area contributed by atoms with Crippen LogP contribution in [0.4, 0.5) is 0 Å². The summed E-state index contributed by atoms with van der Waals surface area (Å²) in [5.41, 5.74) is 0.722. The third-order valence-corrected chi connectivity index (χ3v) is 7.52. The molecule has 0 N–H and O–H groups in total. The molecular formula is C22H42N4. The van der Waals surface area contributed by atoms with Crippen molar-refractivity contribution in [2.24, 2.45) is 17.3 Å². The van der Waals surface area contributed by atoms with Gasteiger partial charge in [-0.05, 0) is 69.5 Å². The van der Waals surface area contributed by atoms with Crippen molar-refractivity contribution in [3.63, 3.8) is 0 Å². The van der Waals surface area contributed by atoms with Gasteiger partial charge in [0.15, 0.2) is 0 Å². The van der Waals surface area contributed by atoms with Crippen molar-refractivity contribution >= 4 is 0 Å². The fourth-order valence-corrected chi connectivity index (χ4v) is 5.88. The van der Waals surface area contributed by atoms with Gasteiger partial charge in [0.1, 0.15) is 0 Å². The highest BCUT2D eigenvalue weighted by Gasteiger charge is 2.46. The maximum Gasteiger partial charge on any atom is 0.0121 e. The Morgan fingerprint density at radius 2 is 1.54 bits per heavy atom. The van der Waals surface area contributed by atoms with E-state index >= 15 is 0 Å². The van der Waals surface area contributed by atoms with E-state index < -0.39 is 0 Å². The Morgan fingerprint density at radius 1 is 0.885 bits per heavy atom. The molecular weight excluding hydrogens is 320 g/mol. The summed E-state index contributed by atoms with van der Waals surface area (Å²) in [6.07, 6.45) is 7.24. The van der Waals surface area contributed by atoms with Crippen LogP contribution in [0, 0.1) is 17.3 Å². The van der Waals surface area contributed by atoms with Crippen LogP contribution in [0.5, 0.6) is 0 Å². The van der Waals surface area contributed by atoms with Crippen LogP contribution in [0.25, 0.3) is 0 Å². The lowest BCUT2D eigenvalue weighted by Gasteiger charge is -2.46. The Bertz CT molecular complexity index is 439. The molecule has 26 heavy (non-hydrogen) atoms. The lowest BCUT2D eigenvalue weighted by Crippen LogP contribution is -2.56. The van der Waals surface area contributed by atoms with E-state index in [9.17, 15) is 0 Å². The van der Waals surface area contributed by atoms with E-state index in [2.05, 4.69) is 40.5 Å². The summed E-state index contributed by atoms with van der Waals surface area (Å²) in [6, 6.07) is 0.864. The van der Waals surface area contributed by atoms with Crippen LogP contribution in [0.3, 0.4) is 0 Å². The zero-order valence-electron chi connectivity index (χ0n) is 17.6. The molecule has 3 aliphatic heterocycles. The van der Waals surface area contributed by atoms with Gasteiger partial charge in [-0.2, -0.15) is 0 Å². The highest BCUT2D eigenvalue weighted by Crippen LogP contribution is 2.51. The molecule has 1 aliphatic carbocycles. The highest BCUT2D eigenvalue weighted by atomic mass is 15.3. The largest absolute Gasteiger partial charge is 0.304 e. The summed E-state index contributed by atoms with van der Waals surface area (Å²) in [5.74, 6) is 1.82. The minimum absolute atomic E-state index is 0.722. The molecule has 0 aromatic rings. The van der Waals surface area contributed by atoms with Gasteiger partial charge in [-0.1, -0.05) is 13.8 Å². The van der Waals surface area contributed by atoms with Crippen LogP contribution in [0.2, 0.25) is 0 Å². The second-order valence-corrected chi connectivity index (χ2v) is 10.5. The molecule has 4 heteroatoms. The molecule has 3 saturated heterocycles. The maximum atomic E-state index is 2.77. The standard InChI is InChI=1S/C22H42N4/c1-19(2)14-22(6-7-22)18-25-16-20(17-25)15-24-8-4-21(5-9-24)26-12-10-23(3)11-13-26/h19-21H,4-18H2,1-3H3.